The molecule has 2 rings (SSSR count). The Morgan fingerprint density at radius 1 is 1.23 bits per heavy atom. The van der Waals surface area contributed by atoms with Crippen LogP contribution in [0.3, 0.4) is 0 Å². The summed E-state index contributed by atoms with van der Waals surface area (Å²) in [7, 11) is 0. The molecule has 0 spiro atoms. The maximum atomic E-state index is 13.2. The number of hydrogen-bond donors (Lipinski definition) is 0. The number of para-hydroxylation sites is 1. The molecular weight excluding hydrogens is 489 g/mol. The summed E-state index contributed by atoms with van der Waals surface area (Å²) in [5.41, 5.74) is 0.449. The molecule has 1 aliphatic carbocycles. The fourth-order valence-corrected chi connectivity index (χ4v) is 5.33. The van der Waals surface area contributed by atoms with Gasteiger partial charge in [-0.1, -0.05) is 72.7 Å². The van der Waals surface area contributed by atoms with Crippen LogP contribution in [0.2, 0.25) is 0 Å². The minimum atomic E-state index is -0.532. The van der Waals surface area contributed by atoms with Crippen molar-refractivity contribution in [3.8, 4) is 5.75 Å². The smallest absolute Gasteiger partial charge is 0.410 e. The number of rotatable bonds is 8. The Labute approximate surface area is 196 Å². The molecule has 2 unspecified atom stereocenters. The minimum Gasteiger partial charge on any atom is -0.486 e. The van der Waals surface area contributed by atoms with Gasteiger partial charge in [-0.15, -0.1) is 0 Å². The first-order chi connectivity index (χ1) is 14.0. The summed E-state index contributed by atoms with van der Waals surface area (Å²) in [6, 6.07) is 7.99. The third-order valence-electron chi connectivity index (χ3n) is 5.53. The van der Waals surface area contributed by atoms with Crippen molar-refractivity contribution in [2.75, 3.05) is 0 Å². The lowest BCUT2D eigenvalue weighted by Crippen LogP contribution is -2.44. The van der Waals surface area contributed by atoms with Gasteiger partial charge in [0.2, 0.25) is 0 Å². The molecule has 30 heavy (non-hydrogen) atoms. The highest BCUT2D eigenvalue weighted by Gasteiger charge is 2.35. The van der Waals surface area contributed by atoms with Gasteiger partial charge >= 0.3 is 6.09 Å². The van der Waals surface area contributed by atoms with Crippen LogP contribution in [0.4, 0.5) is 4.79 Å². The van der Waals surface area contributed by atoms with Crippen LogP contribution in [-0.4, -0.2) is 32.2 Å². The summed E-state index contributed by atoms with van der Waals surface area (Å²) >= 11 is 2.63. The second-order valence-corrected chi connectivity index (χ2v) is 11.8. The van der Waals surface area contributed by atoms with Crippen LogP contribution in [0, 0.1) is 0 Å². The Morgan fingerprint density at radius 2 is 1.87 bits per heavy atom. The monoisotopic (exact) mass is 527 g/mol. The first-order valence-corrected chi connectivity index (χ1v) is 12.2. The van der Waals surface area contributed by atoms with Crippen molar-refractivity contribution < 1.29 is 14.3 Å². The second kappa shape index (κ2) is 10.9. The maximum Gasteiger partial charge on any atom is 0.410 e. The Morgan fingerprint density at radius 3 is 2.47 bits per heavy atom. The lowest BCUT2D eigenvalue weighted by atomic mass is 9.84. The summed E-state index contributed by atoms with van der Waals surface area (Å²) in [4.78, 5) is 15.1. The molecule has 1 amide bonds. The molecule has 5 heteroatoms. The molecule has 0 aromatic heterocycles. The molecule has 1 aromatic carbocycles. The molecule has 0 N–H and O–H groups in total. The topological polar surface area (TPSA) is 38.8 Å². The molecule has 1 aromatic rings. The summed E-state index contributed by atoms with van der Waals surface area (Å²) in [5, 5.41) is 0. The van der Waals surface area contributed by atoms with Crippen molar-refractivity contribution in [3.63, 3.8) is 0 Å². The number of carbonyl (C=O) groups excluding carboxylic acids is 1. The third kappa shape index (κ3) is 7.78. The van der Waals surface area contributed by atoms with E-state index in [1.54, 1.807) is 6.08 Å². The van der Waals surface area contributed by atoms with Crippen LogP contribution in [0.5, 0.6) is 5.75 Å². The highest BCUT2D eigenvalue weighted by atomic mass is 127. The maximum absolute atomic E-state index is 13.2. The van der Waals surface area contributed by atoms with E-state index in [2.05, 4.69) is 36.1 Å². The van der Waals surface area contributed by atoms with Crippen LogP contribution in [-0.2, 0) is 11.3 Å². The standard InChI is InChI=1S/C25H38INO3/c1-7-20(3)29-22-14-10-9-13-21(22)18-27(23(28)30-24(4,5)6)19(2)17-25(26)15-11-8-12-16-25/h7,9-10,13-14,19-20H,1,8,11-12,15-18H2,2-6H3. The highest BCUT2D eigenvalue weighted by molar-refractivity contribution is 14.1. The Hall–Kier alpha value is -1.24. The van der Waals surface area contributed by atoms with Gasteiger partial charge in [0.05, 0.1) is 6.54 Å². The van der Waals surface area contributed by atoms with E-state index >= 15 is 0 Å². The van der Waals surface area contributed by atoms with Crippen molar-refractivity contribution in [3.05, 3.63) is 42.5 Å². The highest BCUT2D eigenvalue weighted by Crippen LogP contribution is 2.41. The van der Waals surface area contributed by atoms with Crippen LogP contribution in [0.25, 0.3) is 0 Å². The zero-order valence-corrected chi connectivity index (χ0v) is 21.4. The van der Waals surface area contributed by atoms with E-state index in [-0.39, 0.29) is 21.7 Å². The zero-order chi connectivity index (χ0) is 22.4. The average molecular weight is 527 g/mol. The Kier molecular flexibility index (Phi) is 9.07. The molecular formula is C25H38INO3. The van der Waals surface area contributed by atoms with Gasteiger partial charge in [-0.3, -0.25) is 0 Å². The molecule has 0 bridgehead atoms. The first-order valence-electron chi connectivity index (χ1n) is 11.1. The van der Waals surface area contributed by atoms with Gasteiger partial charge in [-0.05, 0) is 59.9 Å². The number of alkyl halides is 1. The lowest BCUT2D eigenvalue weighted by molar-refractivity contribution is 0.0135. The predicted octanol–water partition coefficient (Wildman–Crippen LogP) is 7.29. The molecule has 1 aliphatic rings. The minimum absolute atomic E-state index is 0.0692. The van der Waals surface area contributed by atoms with E-state index in [9.17, 15) is 4.79 Å². The van der Waals surface area contributed by atoms with E-state index in [0.717, 1.165) is 17.7 Å². The van der Waals surface area contributed by atoms with Crippen LogP contribution >= 0.6 is 22.6 Å². The van der Waals surface area contributed by atoms with E-state index in [1.807, 2.05) is 56.9 Å². The number of carbonyl (C=O) groups is 1. The van der Waals surface area contributed by atoms with Gasteiger partial charge in [0.1, 0.15) is 17.5 Å². The SMILES string of the molecule is C=CC(C)Oc1ccccc1CN(C(=O)OC(C)(C)C)C(C)CC1(I)CCCCC1. The van der Waals surface area contributed by atoms with Crippen molar-refractivity contribution in [2.24, 2.45) is 0 Å². The van der Waals surface area contributed by atoms with E-state index in [1.165, 1.54) is 32.1 Å². The third-order valence-corrected chi connectivity index (χ3v) is 7.05. The number of amides is 1. The zero-order valence-electron chi connectivity index (χ0n) is 19.2. The Balaban J connectivity index is 2.25. The quantitative estimate of drug-likeness (QED) is 0.202. The lowest BCUT2D eigenvalue weighted by Gasteiger charge is -2.38. The molecule has 1 saturated carbocycles. The van der Waals surface area contributed by atoms with Gasteiger partial charge in [0.15, 0.2) is 0 Å². The summed E-state index contributed by atoms with van der Waals surface area (Å²) < 4.78 is 12.1. The molecule has 1 fully saturated rings. The summed E-state index contributed by atoms with van der Waals surface area (Å²) in [6.07, 6.45) is 8.69. The molecule has 4 nitrogen and oxygen atoms in total. The molecule has 168 valence electrons. The van der Waals surface area contributed by atoms with Gasteiger partial charge in [0.25, 0.3) is 0 Å². The molecule has 0 saturated heterocycles. The van der Waals surface area contributed by atoms with Crippen molar-refractivity contribution >= 4 is 28.7 Å². The predicted molar refractivity (Wildman–Crippen MR) is 132 cm³/mol. The number of halogens is 1. The number of ether oxygens (including phenoxy) is 2. The second-order valence-electron chi connectivity index (χ2n) is 9.54. The van der Waals surface area contributed by atoms with Gasteiger partial charge in [0, 0.05) is 15.0 Å². The number of benzene rings is 1. The molecule has 2 atom stereocenters. The van der Waals surface area contributed by atoms with E-state index in [4.69, 9.17) is 9.47 Å². The molecule has 0 heterocycles. The van der Waals surface area contributed by atoms with Crippen molar-refractivity contribution in [2.45, 2.75) is 101 Å². The van der Waals surface area contributed by atoms with Crippen molar-refractivity contribution in [1.29, 1.82) is 0 Å². The van der Waals surface area contributed by atoms with Crippen LogP contribution < -0.4 is 4.74 Å². The normalized spacial score (nSPS) is 18.2. The van der Waals surface area contributed by atoms with Gasteiger partial charge in [-0.2, -0.15) is 0 Å². The Bertz CT molecular complexity index is 707. The number of nitrogens with zero attached hydrogens (tertiary/aromatic N) is 1. The van der Waals surface area contributed by atoms with Crippen molar-refractivity contribution in [1.82, 2.24) is 4.90 Å². The summed E-state index contributed by atoms with van der Waals surface area (Å²) in [6.45, 7) is 14.1. The van der Waals surface area contributed by atoms with E-state index < -0.39 is 5.60 Å². The fraction of sp³-hybridized carbons (Fsp3) is 0.640. The first kappa shape index (κ1) is 25.0. The molecule has 0 radical (unpaired) electrons. The fourth-order valence-electron chi connectivity index (χ4n) is 3.93. The van der Waals surface area contributed by atoms with Gasteiger partial charge in [-0.25, -0.2) is 4.79 Å². The van der Waals surface area contributed by atoms with Gasteiger partial charge < -0.3 is 14.4 Å². The number of hydrogen-bond acceptors (Lipinski definition) is 3. The van der Waals surface area contributed by atoms with Crippen LogP contribution in [0.15, 0.2) is 36.9 Å². The summed E-state index contributed by atoms with van der Waals surface area (Å²) in [5.74, 6) is 0.785. The van der Waals surface area contributed by atoms with Crippen LogP contribution in [0.1, 0.15) is 78.7 Å². The largest absolute Gasteiger partial charge is 0.486 e. The average Bonchev–Trinajstić information content (AvgIpc) is 2.65. The van der Waals surface area contributed by atoms with E-state index in [0.29, 0.717) is 6.54 Å². The molecule has 0 aliphatic heterocycles.